The summed E-state index contributed by atoms with van der Waals surface area (Å²) in [6.45, 7) is 6.67. The van der Waals surface area contributed by atoms with Crippen LogP contribution in [-0.4, -0.2) is 75.4 Å². The fraction of sp³-hybridized carbons (Fsp3) is 0.412. The van der Waals surface area contributed by atoms with E-state index in [-0.39, 0.29) is 24.6 Å². The average molecular weight is 612 g/mol. The van der Waals surface area contributed by atoms with Crippen molar-refractivity contribution in [3.63, 3.8) is 0 Å². The van der Waals surface area contributed by atoms with E-state index in [0.717, 1.165) is 41.8 Å². The molecular formula is C34H41N7O4. The first kappa shape index (κ1) is 30.4. The van der Waals surface area contributed by atoms with Crippen molar-refractivity contribution in [2.45, 2.75) is 58.2 Å². The predicted molar refractivity (Wildman–Crippen MR) is 174 cm³/mol. The molecule has 4 aromatic rings. The minimum absolute atomic E-state index is 0.100. The molecule has 0 aliphatic carbocycles. The van der Waals surface area contributed by atoms with E-state index in [1.54, 1.807) is 11.4 Å². The summed E-state index contributed by atoms with van der Waals surface area (Å²) in [6, 6.07) is 12.2. The van der Waals surface area contributed by atoms with Crippen LogP contribution in [0.5, 0.6) is 0 Å². The topological polar surface area (TPSA) is 120 Å². The Balaban J connectivity index is 1.45. The highest BCUT2D eigenvalue weighted by Crippen LogP contribution is 2.38. The number of anilines is 2. The van der Waals surface area contributed by atoms with Crippen LogP contribution in [-0.2, 0) is 20.8 Å². The Morgan fingerprint density at radius 3 is 2.69 bits per heavy atom. The lowest BCUT2D eigenvalue weighted by Crippen LogP contribution is -2.40. The van der Waals surface area contributed by atoms with Crippen molar-refractivity contribution in [1.82, 2.24) is 24.1 Å². The van der Waals surface area contributed by atoms with Crippen LogP contribution >= 0.6 is 0 Å². The molecule has 2 N–H and O–H groups in total. The van der Waals surface area contributed by atoms with Gasteiger partial charge in [-0.1, -0.05) is 49.4 Å². The van der Waals surface area contributed by atoms with E-state index >= 15 is 0 Å². The van der Waals surface area contributed by atoms with E-state index in [1.807, 2.05) is 53.1 Å². The average Bonchev–Trinajstić information content (AvgIpc) is 3.75. The molecule has 0 bridgehead atoms. The molecule has 0 spiro atoms. The second kappa shape index (κ2) is 13.2. The summed E-state index contributed by atoms with van der Waals surface area (Å²) in [4.78, 5) is 35.2. The maximum Gasteiger partial charge on any atom is 0.343 e. The van der Waals surface area contributed by atoms with Crippen LogP contribution in [0.4, 0.5) is 11.6 Å². The lowest BCUT2D eigenvalue weighted by Gasteiger charge is -2.31. The van der Waals surface area contributed by atoms with Crippen LogP contribution in [0.3, 0.4) is 0 Å². The maximum atomic E-state index is 13.2. The van der Waals surface area contributed by atoms with Gasteiger partial charge in [-0.2, -0.15) is 9.61 Å². The number of hydrogen-bond donors (Lipinski definition) is 1. The summed E-state index contributed by atoms with van der Waals surface area (Å²) in [5, 5.41) is 4.55. The van der Waals surface area contributed by atoms with Gasteiger partial charge in [0.1, 0.15) is 17.2 Å². The normalized spacial score (nSPS) is 17.5. The number of aromatic nitrogens is 4. The van der Waals surface area contributed by atoms with Gasteiger partial charge in [0.05, 0.1) is 24.5 Å². The van der Waals surface area contributed by atoms with Gasteiger partial charge >= 0.3 is 5.97 Å². The summed E-state index contributed by atoms with van der Waals surface area (Å²) in [7, 11) is 1.99. The van der Waals surface area contributed by atoms with Gasteiger partial charge in [-0.15, -0.1) is 0 Å². The predicted octanol–water partition coefficient (Wildman–Crippen LogP) is 4.97. The van der Waals surface area contributed by atoms with Crippen molar-refractivity contribution >= 4 is 35.2 Å². The highest BCUT2D eigenvalue weighted by Gasteiger charge is 2.37. The smallest absolute Gasteiger partial charge is 0.343 e. The van der Waals surface area contributed by atoms with Crippen LogP contribution in [0.2, 0.25) is 0 Å². The van der Waals surface area contributed by atoms with Gasteiger partial charge in [-0.25, -0.2) is 9.78 Å². The zero-order valence-corrected chi connectivity index (χ0v) is 26.2. The number of likely N-dealkylation sites (tertiary alicyclic amines) is 1. The highest BCUT2D eigenvalue weighted by atomic mass is 16.5. The van der Waals surface area contributed by atoms with Gasteiger partial charge < -0.3 is 29.6 Å². The molecule has 236 valence electrons. The number of rotatable bonds is 10. The van der Waals surface area contributed by atoms with Crippen LogP contribution in [0, 0.1) is 0 Å². The molecule has 2 saturated heterocycles. The maximum absolute atomic E-state index is 13.2. The molecular weight excluding hydrogens is 570 g/mol. The number of allylic oxidation sites excluding steroid dienone is 1. The zero-order valence-electron chi connectivity index (χ0n) is 26.2. The lowest BCUT2D eigenvalue weighted by molar-refractivity contribution is -0.131. The van der Waals surface area contributed by atoms with Gasteiger partial charge in [0.2, 0.25) is 5.91 Å². The second-order valence-electron chi connectivity index (χ2n) is 11.7. The molecule has 3 aromatic heterocycles. The van der Waals surface area contributed by atoms with Crippen molar-refractivity contribution in [1.29, 1.82) is 0 Å². The molecule has 45 heavy (non-hydrogen) atoms. The van der Waals surface area contributed by atoms with E-state index in [0.29, 0.717) is 55.4 Å². The van der Waals surface area contributed by atoms with E-state index in [1.165, 1.54) is 6.20 Å². The molecule has 2 aliphatic rings. The number of hydrogen-bond acceptors (Lipinski definition) is 8. The fourth-order valence-corrected chi connectivity index (χ4v) is 6.37. The lowest BCUT2D eigenvalue weighted by atomic mass is 10.1. The number of nitrogen functional groups attached to an aromatic ring is 1. The molecule has 5 heterocycles. The van der Waals surface area contributed by atoms with Crippen molar-refractivity contribution in [2.75, 3.05) is 44.0 Å². The summed E-state index contributed by atoms with van der Waals surface area (Å²) < 4.78 is 14.6. The molecule has 1 unspecified atom stereocenters. The number of ether oxygens (including phenoxy) is 2. The minimum atomic E-state index is -0.477. The fourth-order valence-electron chi connectivity index (χ4n) is 6.37. The van der Waals surface area contributed by atoms with Crippen molar-refractivity contribution in [3.8, 4) is 11.3 Å². The highest BCUT2D eigenvalue weighted by molar-refractivity contribution is 5.96. The Kier molecular flexibility index (Phi) is 8.88. The third kappa shape index (κ3) is 6.04. The van der Waals surface area contributed by atoms with Crippen molar-refractivity contribution in [3.05, 3.63) is 71.6 Å². The number of fused-ring (bicyclic) bond motifs is 1. The number of benzene rings is 1. The van der Waals surface area contributed by atoms with Crippen LogP contribution in [0.15, 0.2) is 54.9 Å². The van der Waals surface area contributed by atoms with Crippen LogP contribution in [0.1, 0.15) is 67.1 Å². The molecule has 11 heteroatoms. The van der Waals surface area contributed by atoms with E-state index in [4.69, 9.17) is 20.2 Å². The van der Waals surface area contributed by atoms with E-state index in [2.05, 4.69) is 35.1 Å². The molecule has 1 aromatic carbocycles. The first-order valence-electron chi connectivity index (χ1n) is 15.7. The Labute approximate surface area is 263 Å². The molecule has 1 amide bonds. The van der Waals surface area contributed by atoms with Crippen LogP contribution in [0.25, 0.3) is 23.0 Å². The second-order valence-corrected chi connectivity index (χ2v) is 11.7. The Morgan fingerprint density at radius 1 is 1.18 bits per heavy atom. The summed E-state index contributed by atoms with van der Waals surface area (Å²) in [5.41, 5.74) is 11.0. The molecule has 11 nitrogen and oxygen atoms in total. The number of nitrogens with zero attached hydrogens (tertiary/aromatic N) is 6. The van der Waals surface area contributed by atoms with E-state index < -0.39 is 5.97 Å². The van der Waals surface area contributed by atoms with Gasteiger partial charge in [0, 0.05) is 69.2 Å². The van der Waals surface area contributed by atoms with Gasteiger partial charge in [0.25, 0.3) is 0 Å². The van der Waals surface area contributed by atoms with Gasteiger partial charge in [-0.3, -0.25) is 4.79 Å². The third-order valence-corrected chi connectivity index (χ3v) is 8.67. The zero-order chi connectivity index (χ0) is 31.5. The third-order valence-electron chi connectivity index (χ3n) is 8.67. The molecule has 2 aliphatic heterocycles. The summed E-state index contributed by atoms with van der Waals surface area (Å²) in [5.74, 6) is 1.01. The quantitative estimate of drug-likeness (QED) is 0.250. The Bertz CT molecular complexity index is 1700. The van der Waals surface area contributed by atoms with Crippen LogP contribution < -0.4 is 10.6 Å². The number of amides is 1. The molecule has 0 radical (unpaired) electrons. The Hall–Kier alpha value is -4.64. The van der Waals surface area contributed by atoms with Crippen molar-refractivity contribution < 1.29 is 19.1 Å². The monoisotopic (exact) mass is 611 g/mol. The number of carbonyl (C=O) groups excluding carboxylic acids is 2. The molecule has 1 atom stereocenters. The Morgan fingerprint density at radius 2 is 1.96 bits per heavy atom. The summed E-state index contributed by atoms with van der Waals surface area (Å²) in [6.07, 6.45) is 10.5. The van der Waals surface area contributed by atoms with Gasteiger partial charge in [-0.05, 0) is 31.7 Å². The molecule has 6 rings (SSSR count). The van der Waals surface area contributed by atoms with Gasteiger partial charge in [0.15, 0.2) is 5.65 Å². The number of esters is 1. The van der Waals surface area contributed by atoms with Crippen molar-refractivity contribution in [2.24, 2.45) is 0 Å². The largest absolute Gasteiger partial charge is 0.462 e. The number of nitrogens with two attached hydrogens (primary N) is 1. The first-order chi connectivity index (χ1) is 21.9. The standard InChI is InChI=1S/C34H41N7O4/c1-4-6-12-26-28(22-40(32(26)35)25-17-31(42)39(21-25)24-13-15-44-16-14-24)29-18-30(38(3)20-23-10-8-7-9-11-23)41-33(37-29)27(19-36-41)34(43)45-5-2/h6-12,18-19,22,24-25H,4-5,13-17,20-21,35H2,1-3H3/b12-6-. The summed E-state index contributed by atoms with van der Waals surface area (Å²) >= 11 is 0. The molecule has 0 saturated carbocycles. The minimum Gasteiger partial charge on any atom is -0.462 e. The first-order valence-corrected chi connectivity index (χ1v) is 15.7. The molecule has 2 fully saturated rings. The van der Waals surface area contributed by atoms with E-state index in [9.17, 15) is 9.59 Å². The SMILES string of the molecule is CC/C=C\c1c(-c2cc(N(C)Cc3ccccc3)n3ncc(C(=O)OCC)c3n2)cn(C2CC(=O)N(C3CCOCC3)C2)c1N. The number of carbonyl (C=O) groups is 2.